The lowest BCUT2D eigenvalue weighted by Gasteiger charge is -2.18. The lowest BCUT2D eigenvalue weighted by atomic mass is 10.1. The number of carboxylic acid groups (broad SMARTS) is 1. The van der Waals surface area contributed by atoms with Gasteiger partial charge in [-0.3, -0.25) is 4.90 Å². The Bertz CT molecular complexity index is 907. The minimum atomic E-state index is -0.889. The molecule has 0 amide bonds. The van der Waals surface area contributed by atoms with Gasteiger partial charge in [-0.25, -0.2) is 4.79 Å². The van der Waals surface area contributed by atoms with Crippen LogP contribution in [-0.2, 0) is 13.1 Å². The SMILES string of the molecule is CN(Cc1cccc(Cl)c1Cl)Cc1c(C(=O)O)sc2ccccc12. The first-order valence-corrected chi connectivity index (χ1v) is 8.89. The Morgan fingerprint density at radius 2 is 1.88 bits per heavy atom. The number of benzene rings is 2. The Morgan fingerprint density at radius 1 is 1.12 bits per heavy atom. The molecule has 0 bridgehead atoms. The van der Waals surface area contributed by atoms with Crippen molar-refractivity contribution in [2.24, 2.45) is 0 Å². The Kier molecular flexibility index (Phi) is 5.11. The molecule has 0 aliphatic rings. The van der Waals surface area contributed by atoms with E-state index >= 15 is 0 Å². The zero-order valence-corrected chi connectivity index (χ0v) is 15.3. The summed E-state index contributed by atoms with van der Waals surface area (Å²) < 4.78 is 0.985. The lowest BCUT2D eigenvalue weighted by Crippen LogP contribution is -2.18. The fraction of sp³-hybridized carbons (Fsp3) is 0.167. The first-order chi connectivity index (χ1) is 11.5. The van der Waals surface area contributed by atoms with E-state index in [0.29, 0.717) is 28.0 Å². The van der Waals surface area contributed by atoms with Crippen LogP contribution in [0.3, 0.4) is 0 Å². The van der Waals surface area contributed by atoms with Gasteiger partial charge in [-0.15, -0.1) is 11.3 Å². The smallest absolute Gasteiger partial charge is 0.346 e. The molecular weight excluding hydrogens is 365 g/mol. The van der Waals surface area contributed by atoms with Gasteiger partial charge < -0.3 is 5.11 Å². The first-order valence-electron chi connectivity index (χ1n) is 7.32. The number of thiophene rings is 1. The number of rotatable bonds is 5. The van der Waals surface area contributed by atoms with Gasteiger partial charge in [-0.2, -0.15) is 0 Å². The van der Waals surface area contributed by atoms with Crippen molar-refractivity contribution in [1.29, 1.82) is 0 Å². The summed E-state index contributed by atoms with van der Waals surface area (Å²) in [5.74, 6) is -0.889. The van der Waals surface area contributed by atoms with E-state index in [1.165, 1.54) is 11.3 Å². The van der Waals surface area contributed by atoms with Gasteiger partial charge in [0.1, 0.15) is 4.88 Å². The molecule has 0 saturated heterocycles. The second-order valence-corrected chi connectivity index (χ2v) is 7.43. The summed E-state index contributed by atoms with van der Waals surface area (Å²) in [4.78, 5) is 14.0. The maximum atomic E-state index is 11.6. The Hall–Kier alpha value is -1.59. The molecule has 0 saturated carbocycles. The van der Waals surface area contributed by atoms with Crippen LogP contribution in [0.2, 0.25) is 10.0 Å². The minimum absolute atomic E-state index is 0.389. The van der Waals surface area contributed by atoms with Crippen LogP contribution in [0.25, 0.3) is 10.1 Å². The average Bonchev–Trinajstić information content (AvgIpc) is 2.91. The summed E-state index contributed by atoms with van der Waals surface area (Å²) >= 11 is 13.6. The van der Waals surface area contributed by atoms with Crippen LogP contribution in [0, 0.1) is 0 Å². The molecule has 2 aromatic carbocycles. The van der Waals surface area contributed by atoms with E-state index in [1.807, 2.05) is 48.3 Å². The van der Waals surface area contributed by atoms with Crippen LogP contribution >= 0.6 is 34.5 Å². The van der Waals surface area contributed by atoms with Crippen molar-refractivity contribution in [3.63, 3.8) is 0 Å². The van der Waals surface area contributed by atoms with Gasteiger partial charge in [0.2, 0.25) is 0 Å². The molecule has 3 aromatic rings. The molecule has 0 atom stereocenters. The number of aromatic carboxylic acids is 1. The summed E-state index contributed by atoms with van der Waals surface area (Å²) in [5.41, 5.74) is 1.76. The predicted octanol–water partition coefficient (Wildman–Crippen LogP) is 5.54. The van der Waals surface area contributed by atoms with Crippen LogP contribution in [0.1, 0.15) is 20.8 Å². The molecule has 0 fully saturated rings. The summed E-state index contributed by atoms with van der Waals surface area (Å²) in [7, 11) is 1.94. The van der Waals surface area contributed by atoms with Crippen molar-refractivity contribution in [2.45, 2.75) is 13.1 Å². The fourth-order valence-electron chi connectivity index (χ4n) is 2.72. The number of hydrogen-bond acceptors (Lipinski definition) is 3. The quantitative estimate of drug-likeness (QED) is 0.632. The van der Waals surface area contributed by atoms with E-state index in [1.54, 1.807) is 6.07 Å². The zero-order chi connectivity index (χ0) is 17.3. The standard InChI is InChI=1S/C18H15Cl2NO2S/c1-21(9-11-5-4-7-14(19)16(11)20)10-13-12-6-2-3-8-15(12)24-17(13)18(22)23/h2-8H,9-10H2,1H3,(H,22,23). The Balaban J connectivity index is 1.90. The van der Waals surface area contributed by atoms with E-state index in [2.05, 4.69) is 0 Å². The lowest BCUT2D eigenvalue weighted by molar-refractivity contribution is 0.0700. The number of fused-ring (bicyclic) bond motifs is 1. The van der Waals surface area contributed by atoms with Gasteiger partial charge >= 0.3 is 5.97 Å². The fourth-order valence-corrected chi connectivity index (χ4v) is 4.15. The Morgan fingerprint density at radius 3 is 2.62 bits per heavy atom. The average molecular weight is 380 g/mol. The van der Waals surface area contributed by atoms with Crippen molar-refractivity contribution in [3.05, 3.63) is 68.5 Å². The van der Waals surface area contributed by atoms with Gasteiger partial charge in [-0.1, -0.05) is 53.5 Å². The van der Waals surface area contributed by atoms with E-state index in [4.69, 9.17) is 23.2 Å². The van der Waals surface area contributed by atoms with Crippen LogP contribution in [0.5, 0.6) is 0 Å². The highest BCUT2D eigenvalue weighted by molar-refractivity contribution is 7.21. The van der Waals surface area contributed by atoms with Gasteiger partial charge in [0, 0.05) is 17.8 Å². The first kappa shape index (κ1) is 17.2. The third-order valence-corrected chi connectivity index (χ3v) is 5.85. The topological polar surface area (TPSA) is 40.5 Å². The molecule has 0 radical (unpaired) electrons. The van der Waals surface area contributed by atoms with E-state index in [-0.39, 0.29) is 0 Å². The third-order valence-electron chi connectivity index (χ3n) is 3.79. The van der Waals surface area contributed by atoms with Crippen molar-refractivity contribution >= 4 is 50.6 Å². The number of nitrogens with zero attached hydrogens (tertiary/aromatic N) is 1. The highest BCUT2D eigenvalue weighted by Gasteiger charge is 2.19. The van der Waals surface area contributed by atoms with Crippen LogP contribution in [-0.4, -0.2) is 23.0 Å². The number of carboxylic acids is 1. The van der Waals surface area contributed by atoms with Crippen LogP contribution in [0.15, 0.2) is 42.5 Å². The second kappa shape index (κ2) is 7.11. The normalized spacial score (nSPS) is 11.3. The molecule has 0 unspecified atom stereocenters. The van der Waals surface area contributed by atoms with Crippen molar-refractivity contribution in [1.82, 2.24) is 4.90 Å². The minimum Gasteiger partial charge on any atom is -0.477 e. The van der Waals surface area contributed by atoms with Gasteiger partial charge in [0.15, 0.2) is 0 Å². The monoisotopic (exact) mass is 379 g/mol. The molecule has 0 spiro atoms. The molecule has 6 heteroatoms. The number of carbonyl (C=O) groups is 1. The predicted molar refractivity (Wildman–Crippen MR) is 100 cm³/mol. The maximum absolute atomic E-state index is 11.6. The van der Waals surface area contributed by atoms with Gasteiger partial charge in [-0.05, 0) is 35.7 Å². The molecule has 124 valence electrons. The zero-order valence-electron chi connectivity index (χ0n) is 12.9. The number of hydrogen-bond donors (Lipinski definition) is 1. The molecule has 0 aliphatic carbocycles. The van der Waals surface area contributed by atoms with Crippen molar-refractivity contribution in [2.75, 3.05) is 7.05 Å². The summed E-state index contributed by atoms with van der Waals surface area (Å²) in [6, 6.07) is 13.3. The molecule has 3 nitrogen and oxygen atoms in total. The van der Waals surface area contributed by atoms with Gasteiger partial charge in [0.25, 0.3) is 0 Å². The third kappa shape index (κ3) is 3.42. The van der Waals surface area contributed by atoms with E-state index < -0.39 is 5.97 Å². The molecule has 24 heavy (non-hydrogen) atoms. The Labute approximate surface area is 154 Å². The summed E-state index contributed by atoms with van der Waals surface area (Å²) in [6.07, 6.45) is 0. The van der Waals surface area contributed by atoms with Crippen molar-refractivity contribution in [3.8, 4) is 0 Å². The number of halogens is 2. The largest absolute Gasteiger partial charge is 0.477 e. The highest BCUT2D eigenvalue weighted by atomic mass is 35.5. The summed E-state index contributed by atoms with van der Waals surface area (Å²) in [6.45, 7) is 1.11. The second-order valence-electron chi connectivity index (χ2n) is 5.60. The van der Waals surface area contributed by atoms with E-state index in [9.17, 15) is 9.90 Å². The molecule has 0 aliphatic heterocycles. The summed E-state index contributed by atoms with van der Waals surface area (Å²) in [5, 5.41) is 11.6. The molecule has 1 heterocycles. The van der Waals surface area contributed by atoms with Gasteiger partial charge in [0.05, 0.1) is 10.0 Å². The molecular formula is C18H15Cl2NO2S. The van der Waals surface area contributed by atoms with Crippen LogP contribution < -0.4 is 0 Å². The molecule has 1 aromatic heterocycles. The molecule has 3 rings (SSSR count). The maximum Gasteiger partial charge on any atom is 0.346 e. The molecule has 1 N–H and O–H groups in total. The van der Waals surface area contributed by atoms with Crippen LogP contribution in [0.4, 0.5) is 0 Å². The van der Waals surface area contributed by atoms with Crippen molar-refractivity contribution < 1.29 is 9.90 Å². The van der Waals surface area contributed by atoms with E-state index in [0.717, 1.165) is 21.2 Å². The highest BCUT2D eigenvalue weighted by Crippen LogP contribution is 2.33.